The molecule has 3 aliphatic heterocycles. The smallest absolute Gasteiger partial charge is 0.418 e. The molecule has 3 heterocycles. The normalized spacial score (nSPS) is 35.3. The topological polar surface area (TPSA) is 0 Å². The van der Waals surface area contributed by atoms with Gasteiger partial charge in [0.2, 0.25) is 0 Å². The third kappa shape index (κ3) is 10.1. The minimum atomic E-state index is -6.00. The first kappa shape index (κ1) is 20.7. The van der Waals surface area contributed by atoms with Gasteiger partial charge < -0.3 is 34.5 Å². The van der Waals surface area contributed by atoms with Crippen LogP contribution in [0, 0.1) is 0 Å². The fraction of sp³-hybridized carbons (Fsp3) is 1.00. The molecule has 1 unspecified atom stereocenters. The molecule has 0 aromatic rings. The van der Waals surface area contributed by atoms with Gasteiger partial charge in [-0.2, -0.15) is 0 Å². The maximum Gasteiger partial charge on any atom is 0.673 e. The molecule has 1 atom stereocenters. The second-order valence-corrected chi connectivity index (χ2v) is 5.54. The average molecular weight is 354 g/mol. The van der Waals surface area contributed by atoms with Gasteiger partial charge in [-0.3, -0.25) is 0 Å². The lowest BCUT2D eigenvalue weighted by Gasteiger charge is -2.48. The summed E-state index contributed by atoms with van der Waals surface area (Å²) in [5.74, 6) is 0. The van der Waals surface area contributed by atoms with E-state index in [-0.39, 0.29) is 10.7 Å². The van der Waals surface area contributed by atoms with Gasteiger partial charge in [0.05, 0.1) is 0 Å². The molecule has 0 radical (unpaired) electrons. The highest BCUT2D eigenvalue weighted by molar-refractivity contribution is 6.50. The Labute approximate surface area is 120 Å². The summed E-state index contributed by atoms with van der Waals surface area (Å²) in [6, 6.07) is 0.282. The molecule has 2 bridgehead atoms. The Hall–Kier alpha value is -0.290. The Kier molecular flexibility index (Phi) is 6.77. The third-order valence-electron chi connectivity index (χ3n) is 3.13. The molecule has 2 nitrogen and oxygen atoms in total. The molecule has 3 saturated heterocycles. The molecule has 128 valence electrons. The second kappa shape index (κ2) is 6.86. The molecule has 0 saturated carbocycles. The number of nitrogens with zero attached hydrogens (tertiary/aromatic N) is 2. The molecule has 0 amide bonds. The lowest BCUT2D eigenvalue weighted by Crippen LogP contribution is -2.72. The van der Waals surface area contributed by atoms with E-state index in [4.69, 9.17) is 11.8 Å². The van der Waals surface area contributed by atoms with E-state index in [1.807, 2.05) is 6.92 Å². The summed E-state index contributed by atoms with van der Waals surface area (Å²) in [5.41, 5.74) is 0. The summed E-state index contributed by atoms with van der Waals surface area (Å²) in [7, 11) is -12.0. The van der Waals surface area contributed by atoms with Crippen molar-refractivity contribution < 1.29 is 47.7 Å². The zero-order chi connectivity index (χ0) is 17.1. The maximum atomic E-state index is 13.6. The minimum Gasteiger partial charge on any atom is -0.418 e. The first-order valence-corrected chi connectivity index (χ1v) is 6.25. The molecule has 0 spiro atoms. The Morgan fingerprint density at radius 1 is 0.810 bits per heavy atom. The van der Waals surface area contributed by atoms with E-state index in [9.17, 15) is 39.0 Å². The predicted molar refractivity (Wildman–Crippen MR) is 61.7 cm³/mol. The van der Waals surface area contributed by atoms with Crippen LogP contribution < -0.4 is 0 Å². The van der Waals surface area contributed by atoms with E-state index in [1.54, 1.807) is 0 Å². The molecular formula is C7H14B2ClF9N2. The van der Waals surface area contributed by atoms with Gasteiger partial charge in [0, 0.05) is 0 Å². The summed E-state index contributed by atoms with van der Waals surface area (Å²) in [4.78, 5) is 0. The van der Waals surface area contributed by atoms with Crippen LogP contribution in [0.5, 0.6) is 0 Å². The molecule has 14 heteroatoms. The highest BCUT2D eigenvalue weighted by atomic mass is 35.5. The second-order valence-electron chi connectivity index (χ2n) is 4.87. The SMILES string of the molecule is CC1C[N+]2(F)CC[N+]1(Cl)CC2.F[B-](F)(F)F.F[B-](F)(F)F. The molecule has 3 aliphatic rings. The lowest BCUT2D eigenvalue weighted by molar-refractivity contribution is -1.13. The summed E-state index contributed by atoms with van der Waals surface area (Å²) in [5, 5.41) is 0. The van der Waals surface area contributed by atoms with Gasteiger partial charge in [-0.15, -0.1) is 4.71 Å². The molecule has 3 fully saturated rings. The molecule has 0 aromatic heterocycles. The monoisotopic (exact) mass is 354 g/mol. The highest BCUT2D eigenvalue weighted by Crippen LogP contribution is 2.33. The van der Waals surface area contributed by atoms with Gasteiger partial charge in [-0.25, -0.2) is 4.00 Å². The van der Waals surface area contributed by atoms with Crippen LogP contribution in [-0.2, 0) is 0 Å². The zero-order valence-corrected chi connectivity index (χ0v) is 11.7. The van der Waals surface area contributed by atoms with Gasteiger partial charge in [0.25, 0.3) is 0 Å². The Bertz CT molecular complexity index is 305. The van der Waals surface area contributed by atoms with Gasteiger partial charge in [-0.1, -0.05) is 0 Å². The molecule has 0 aromatic carbocycles. The molecule has 21 heavy (non-hydrogen) atoms. The van der Waals surface area contributed by atoms with E-state index < -0.39 is 14.5 Å². The van der Waals surface area contributed by atoms with E-state index in [0.29, 0.717) is 23.6 Å². The number of hydrogen-bond acceptors (Lipinski definition) is 0. The summed E-state index contributed by atoms with van der Waals surface area (Å²) < 4.78 is 92.0. The van der Waals surface area contributed by atoms with Crippen LogP contribution in [0.3, 0.4) is 0 Å². The lowest BCUT2D eigenvalue weighted by atomic mass is 10.1. The number of halogens is 10. The van der Waals surface area contributed by atoms with Crippen molar-refractivity contribution in [3.05, 3.63) is 0 Å². The van der Waals surface area contributed by atoms with Gasteiger partial charge >= 0.3 is 14.5 Å². The van der Waals surface area contributed by atoms with E-state index in [2.05, 4.69) is 0 Å². The Balaban J connectivity index is 0.000000340. The number of quaternary nitrogens is 2. The fourth-order valence-electron chi connectivity index (χ4n) is 2.16. The van der Waals surface area contributed by atoms with Crippen molar-refractivity contribution in [1.82, 2.24) is 0 Å². The van der Waals surface area contributed by atoms with Crippen LogP contribution in [-0.4, -0.2) is 62.0 Å². The first-order chi connectivity index (χ1) is 9.04. The van der Waals surface area contributed by atoms with Crippen LogP contribution in [0.25, 0.3) is 0 Å². The van der Waals surface area contributed by atoms with Gasteiger partial charge in [0.15, 0.2) is 37.5 Å². The number of piperazine rings is 3. The number of rotatable bonds is 0. The van der Waals surface area contributed by atoms with Crippen molar-refractivity contribution in [3.8, 4) is 0 Å². The van der Waals surface area contributed by atoms with Crippen LogP contribution in [0.2, 0.25) is 0 Å². The standard InChI is InChI=1S/C7H14ClFN2.2BF4/c1-7-6-10(9)2-4-11(7,8)5-3-10;2*2-1(3,4)5/h7H,2-6H2,1H3;;/q+2;2*-1. The maximum absolute atomic E-state index is 13.6. The van der Waals surface area contributed by atoms with Crippen LogP contribution >= 0.6 is 11.8 Å². The van der Waals surface area contributed by atoms with Crippen LogP contribution in [0.1, 0.15) is 6.92 Å². The van der Waals surface area contributed by atoms with Crippen LogP contribution in [0.15, 0.2) is 0 Å². The summed E-state index contributed by atoms with van der Waals surface area (Å²) in [6.07, 6.45) is 0. The Morgan fingerprint density at radius 3 is 1.29 bits per heavy atom. The van der Waals surface area contributed by atoms with Crippen molar-refractivity contribution in [2.75, 3.05) is 32.7 Å². The van der Waals surface area contributed by atoms with Crippen molar-refractivity contribution in [1.29, 1.82) is 0 Å². The largest absolute Gasteiger partial charge is 0.673 e. The zero-order valence-electron chi connectivity index (χ0n) is 10.9. The summed E-state index contributed by atoms with van der Waals surface area (Å²) in [6.45, 7) is 5.43. The predicted octanol–water partition coefficient (Wildman–Crippen LogP) is 3.67. The number of hydrogen-bond donors (Lipinski definition) is 0. The first-order valence-electron chi connectivity index (χ1n) is 5.91. The van der Waals surface area contributed by atoms with Crippen molar-refractivity contribution >= 4 is 26.3 Å². The van der Waals surface area contributed by atoms with E-state index in [1.165, 1.54) is 0 Å². The molecule has 0 aliphatic carbocycles. The fourth-order valence-corrected chi connectivity index (χ4v) is 2.37. The van der Waals surface area contributed by atoms with Gasteiger partial charge in [0.1, 0.15) is 13.1 Å². The average Bonchev–Trinajstić information content (AvgIpc) is 2.16. The van der Waals surface area contributed by atoms with Crippen molar-refractivity contribution in [3.63, 3.8) is 0 Å². The van der Waals surface area contributed by atoms with E-state index >= 15 is 0 Å². The molecule has 3 rings (SSSR count). The third-order valence-corrected chi connectivity index (χ3v) is 3.80. The summed E-state index contributed by atoms with van der Waals surface area (Å²) >= 11 is 6.27. The minimum absolute atomic E-state index is 0.242. The highest BCUT2D eigenvalue weighted by Gasteiger charge is 2.55. The molecule has 0 N–H and O–H groups in total. The Morgan fingerprint density at radius 2 is 1.10 bits per heavy atom. The van der Waals surface area contributed by atoms with Crippen molar-refractivity contribution in [2.45, 2.75) is 13.0 Å². The van der Waals surface area contributed by atoms with Crippen LogP contribution in [0.4, 0.5) is 39.0 Å². The van der Waals surface area contributed by atoms with Crippen molar-refractivity contribution in [2.24, 2.45) is 0 Å². The van der Waals surface area contributed by atoms with Gasteiger partial charge in [-0.05, 0) is 11.4 Å². The quantitative estimate of drug-likeness (QED) is 0.354. The number of fused-ring (bicyclic) bond motifs is 3. The molecular weight excluding hydrogens is 340 g/mol. The van der Waals surface area contributed by atoms with E-state index in [0.717, 1.165) is 13.1 Å².